The Balaban J connectivity index is 2.48. The molecule has 1 fully saturated rings. The van der Waals surface area contributed by atoms with Crippen LogP contribution in [-0.4, -0.2) is 98.3 Å². The van der Waals surface area contributed by atoms with Crippen LogP contribution in [0.25, 0.3) is 0 Å². The molecule has 0 saturated heterocycles. The largest absolute Gasteiger partial charge is 0.472 e. The summed E-state index contributed by atoms with van der Waals surface area (Å²) in [6, 6.07) is 0. The Morgan fingerprint density at radius 2 is 0.934 bits per heavy atom. The standard InChI is InChI=1S/C47H81O13P/c1-3-5-7-9-11-13-15-17-19-20-22-24-26-28-30-32-34-36-41(49)59-39(38-58-61(55,56)60-47-45(53)43(51)42(50)44(52)46(47)54)37-57-40(48)35-33-31-29-27-25-23-21-18-16-14-12-10-8-6-4-2/h5,7,11-14,17-19,21,39,42-47,50-54H,3-4,6,8-10,15-16,20,22-38H2,1-2H3,(H,55,56)/b7-5-,13-11-,14-12-,19-17-,21-18-. The first-order valence-electron chi connectivity index (χ1n) is 23.1. The van der Waals surface area contributed by atoms with Gasteiger partial charge in [-0.15, -0.1) is 0 Å². The zero-order valence-electron chi connectivity index (χ0n) is 37.2. The molecule has 13 nitrogen and oxygen atoms in total. The maximum atomic E-state index is 12.8. The van der Waals surface area contributed by atoms with Crippen LogP contribution in [0.1, 0.15) is 168 Å². The minimum Gasteiger partial charge on any atom is -0.462 e. The lowest BCUT2D eigenvalue weighted by molar-refractivity contribution is -0.220. The number of unbranched alkanes of at least 4 members (excludes halogenated alkanes) is 15. The van der Waals surface area contributed by atoms with E-state index in [2.05, 4.69) is 74.6 Å². The number of phosphoric acid groups is 1. The first-order valence-corrected chi connectivity index (χ1v) is 24.6. The van der Waals surface area contributed by atoms with Gasteiger partial charge in [0, 0.05) is 12.8 Å². The number of phosphoric ester groups is 1. The van der Waals surface area contributed by atoms with Crippen LogP contribution >= 0.6 is 7.82 Å². The van der Waals surface area contributed by atoms with Crippen LogP contribution in [0.4, 0.5) is 0 Å². The Morgan fingerprint density at radius 3 is 1.43 bits per heavy atom. The van der Waals surface area contributed by atoms with E-state index < -0.39 is 75.7 Å². The lowest BCUT2D eigenvalue weighted by Gasteiger charge is -2.41. The minimum atomic E-state index is -5.13. The third-order valence-electron chi connectivity index (χ3n) is 10.3. The SMILES string of the molecule is CC/C=C\C/C=C\C/C=C\CCCCCCCCCC(=O)OC(COC(=O)CCCCCCC/C=C\C/C=C\CCCCC)COP(=O)(O)OC1C(O)C(O)C(O)C(O)C1O. The second-order valence-corrected chi connectivity index (χ2v) is 17.3. The molecule has 1 saturated carbocycles. The number of carbonyl (C=O) groups excluding carboxylic acids is 2. The lowest BCUT2D eigenvalue weighted by Crippen LogP contribution is -2.64. The van der Waals surface area contributed by atoms with Crippen molar-refractivity contribution in [3.05, 3.63) is 60.8 Å². The van der Waals surface area contributed by atoms with Crippen molar-refractivity contribution in [2.24, 2.45) is 0 Å². The van der Waals surface area contributed by atoms with Gasteiger partial charge in [0.2, 0.25) is 0 Å². The number of ether oxygens (including phenoxy) is 2. The number of allylic oxidation sites excluding steroid dienone is 10. The Kier molecular flexibility index (Phi) is 34.3. The fourth-order valence-corrected chi connectivity index (χ4v) is 7.60. The molecular formula is C47H81O13P. The predicted molar refractivity (Wildman–Crippen MR) is 239 cm³/mol. The molecule has 0 aromatic heterocycles. The van der Waals surface area contributed by atoms with Crippen molar-refractivity contribution in [3.63, 3.8) is 0 Å². The van der Waals surface area contributed by atoms with E-state index in [1.54, 1.807) is 0 Å². The van der Waals surface area contributed by atoms with Gasteiger partial charge in [-0.25, -0.2) is 4.57 Å². The highest BCUT2D eigenvalue weighted by atomic mass is 31.2. The van der Waals surface area contributed by atoms with E-state index in [1.807, 2.05) is 0 Å². The molecule has 6 N–H and O–H groups in total. The van der Waals surface area contributed by atoms with Crippen molar-refractivity contribution in [2.75, 3.05) is 13.2 Å². The van der Waals surface area contributed by atoms with Gasteiger partial charge >= 0.3 is 19.8 Å². The van der Waals surface area contributed by atoms with Crippen molar-refractivity contribution >= 4 is 19.8 Å². The summed E-state index contributed by atoms with van der Waals surface area (Å²) >= 11 is 0. The number of esters is 2. The van der Waals surface area contributed by atoms with Crippen molar-refractivity contribution < 1.29 is 63.1 Å². The molecule has 1 aliphatic rings. The van der Waals surface area contributed by atoms with Crippen LogP contribution in [0, 0.1) is 0 Å². The van der Waals surface area contributed by atoms with E-state index in [1.165, 1.54) is 19.3 Å². The van der Waals surface area contributed by atoms with Crippen molar-refractivity contribution in [1.29, 1.82) is 0 Å². The topological polar surface area (TPSA) is 210 Å². The quantitative estimate of drug-likeness (QED) is 0.0149. The first kappa shape index (κ1) is 56.6. The van der Waals surface area contributed by atoms with Crippen LogP contribution in [0.5, 0.6) is 0 Å². The van der Waals surface area contributed by atoms with Gasteiger partial charge in [0.15, 0.2) is 6.10 Å². The molecule has 1 aliphatic carbocycles. The normalized spacial score (nSPS) is 22.6. The maximum Gasteiger partial charge on any atom is 0.472 e. The van der Waals surface area contributed by atoms with Gasteiger partial charge in [0.05, 0.1) is 6.61 Å². The van der Waals surface area contributed by atoms with Gasteiger partial charge in [0.1, 0.15) is 43.2 Å². The fourth-order valence-electron chi connectivity index (χ4n) is 6.62. The summed E-state index contributed by atoms with van der Waals surface area (Å²) in [6.07, 6.45) is 31.2. The smallest absolute Gasteiger partial charge is 0.462 e. The third kappa shape index (κ3) is 29.5. The first-order chi connectivity index (χ1) is 29.4. The summed E-state index contributed by atoms with van der Waals surface area (Å²) in [6.45, 7) is 3.13. The van der Waals surface area contributed by atoms with Gasteiger partial charge in [-0.2, -0.15) is 0 Å². The molecule has 0 aromatic carbocycles. The number of hydrogen-bond donors (Lipinski definition) is 6. The Hall–Kier alpha value is -2.45. The highest BCUT2D eigenvalue weighted by molar-refractivity contribution is 7.47. The van der Waals surface area contributed by atoms with Crippen molar-refractivity contribution in [1.82, 2.24) is 0 Å². The summed E-state index contributed by atoms with van der Waals surface area (Å²) in [5.74, 6) is -1.13. The molecule has 6 unspecified atom stereocenters. The molecule has 0 heterocycles. The third-order valence-corrected chi connectivity index (χ3v) is 11.3. The van der Waals surface area contributed by atoms with Gasteiger partial charge < -0.3 is 39.9 Å². The van der Waals surface area contributed by atoms with E-state index in [0.717, 1.165) is 109 Å². The average molecular weight is 885 g/mol. The highest BCUT2D eigenvalue weighted by Crippen LogP contribution is 2.47. The molecule has 0 aliphatic heterocycles. The van der Waals surface area contributed by atoms with Gasteiger partial charge in [-0.3, -0.25) is 18.6 Å². The summed E-state index contributed by atoms with van der Waals surface area (Å²) < 4.78 is 33.5. The Morgan fingerprint density at radius 1 is 0.525 bits per heavy atom. The average Bonchev–Trinajstić information content (AvgIpc) is 3.24. The number of carbonyl (C=O) groups is 2. The van der Waals surface area contributed by atoms with Crippen LogP contribution in [-0.2, 0) is 32.7 Å². The molecule has 0 bridgehead atoms. The van der Waals surface area contributed by atoms with Crippen molar-refractivity contribution in [3.8, 4) is 0 Å². The molecule has 0 amide bonds. The molecule has 0 aromatic rings. The van der Waals surface area contributed by atoms with Gasteiger partial charge in [-0.05, 0) is 77.0 Å². The fraction of sp³-hybridized carbons (Fsp3) is 0.745. The molecule has 6 atom stereocenters. The maximum absolute atomic E-state index is 12.8. The zero-order chi connectivity index (χ0) is 45.0. The molecule has 352 valence electrons. The van der Waals surface area contributed by atoms with E-state index in [-0.39, 0.29) is 12.8 Å². The Bertz CT molecular complexity index is 1300. The summed E-state index contributed by atoms with van der Waals surface area (Å²) in [5.41, 5.74) is 0. The molecule has 1 rings (SSSR count). The summed E-state index contributed by atoms with van der Waals surface area (Å²) in [7, 11) is -5.13. The molecular weight excluding hydrogens is 803 g/mol. The molecule has 61 heavy (non-hydrogen) atoms. The number of aliphatic hydroxyl groups excluding tert-OH is 5. The number of aliphatic hydroxyl groups is 5. The van der Waals surface area contributed by atoms with E-state index >= 15 is 0 Å². The van der Waals surface area contributed by atoms with Crippen LogP contribution in [0.3, 0.4) is 0 Å². The summed E-state index contributed by atoms with van der Waals surface area (Å²) in [5, 5.41) is 50.1. The van der Waals surface area contributed by atoms with E-state index in [0.29, 0.717) is 12.8 Å². The lowest BCUT2D eigenvalue weighted by atomic mass is 9.85. The number of rotatable bonds is 37. The molecule has 0 spiro atoms. The van der Waals surface area contributed by atoms with E-state index in [9.17, 15) is 44.6 Å². The van der Waals surface area contributed by atoms with Crippen LogP contribution in [0.15, 0.2) is 60.8 Å². The minimum absolute atomic E-state index is 0.0798. The van der Waals surface area contributed by atoms with Crippen LogP contribution in [0.2, 0.25) is 0 Å². The second-order valence-electron chi connectivity index (χ2n) is 15.9. The highest BCUT2D eigenvalue weighted by Gasteiger charge is 2.51. The Labute approximate surface area is 366 Å². The zero-order valence-corrected chi connectivity index (χ0v) is 38.1. The van der Waals surface area contributed by atoms with Crippen LogP contribution < -0.4 is 0 Å². The second kappa shape index (κ2) is 37.0. The molecule has 0 radical (unpaired) electrons. The van der Waals surface area contributed by atoms with Gasteiger partial charge in [0.25, 0.3) is 0 Å². The van der Waals surface area contributed by atoms with Crippen molar-refractivity contribution in [2.45, 2.75) is 211 Å². The summed E-state index contributed by atoms with van der Waals surface area (Å²) in [4.78, 5) is 35.7. The van der Waals surface area contributed by atoms with E-state index in [4.69, 9.17) is 18.5 Å². The van der Waals surface area contributed by atoms with Gasteiger partial charge in [-0.1, -0.05) is 139 Å². The predicted octanol–water partition coefficient (Wildman–Crippen LogP) is 8.94. The number of hydrogen-bond acceptors (Lipinski definition) is 12. The monoisotopic (exact) mass is 885 g/mol. The molecule has 14 heteroatoms.